The van der Waals surface area contributed by atoms with Gasteiger partial charge in [0.2, 0.25) is 11.8 Å². The van der Waals surface area contributed by atoms with Crippen molar-refractivity contribution in [2.45, 2.75) is 28.7 Å². The molecule has 2 heterocycles. The Balaban J connectivity index is 1.87. The second kappa shape index (κ2) is 8.47. The maximum Gasteiger partial charge on any atom is 0.252 e. The molecule has 2 aromatic rings. The summed E-state index contributed by atoms with van der Waals surface area (Å²) in [6.45, 7) is 3.77. The van der Waals surface area contributed by atoms with Crippen LogP contribution in [0.25, 0.3) is 0 Å². The Labute approximate surface area is 179 Å². The molecule has 156 valence electrons. The highest BCUT2D eigenvalue weighted by Crippen LogP contribution is 2.44. The fraction of sp³-hybridized carbons (Fsp3) is 0.368. The van der Waals surface area contributed by atoms with E-state index in [1.807, 2.05) is 32.0 Å². The first-order valence-corrected chi connectivity index (χ1v) is 12.3. The number of nitrogens with zero attached hydrogens (tertiary/aromatic N) is 2. The third-order valence-corrected chi connectivity index (χ3v) is 9.27. The van der Waals surface area contributed by atoms with Gasteiger partial charge in [-0.05, 0) is 30.5 Å². The standard InChI is InChI=1S/C19H23N3O4S3/c1-5-13-8-6-7-12(2)18(13)20-15(23)10-22-14-9-17(29(25,26)21(3)4)28-19(14)27-11-16(22)24/h6-9H,5,10-11H2,1-4H3,(H,20,23). The van der Waals surface area contributed by atoms with Crippen LogP contribution >= 0.6 is 23.1 Å². The molecule has 0 aliphatic carbocycles. The second-order valence-corrected chi connectivity index (χ2v) is 11.5. The van der Waals surface area contributed by atoms with Gasteiger partial charge in [0.1, 0.15) is 10.8 Å². The van der Waals surface area contributed by atoms with Crippen LogP contribution in [0.3, 0.4) is 0 Å². The molecular formula is C19H23N3O4S3. The van der Waals surface area contributed by atoms with Crippen molar-refractivity contribution in [2.75, 3.05) is 36.6 Å². The van der Waals surface area contributed by atoms with Gasteiger partial charge < -0.3 is 10.2 Å². The SMILES string of the molecule is CCc1cccc(C)c1NC(=O)CN1C(=O)CSc2sc(S(=O)(=O)N(C)C)cc21. The molecule has 0 spiro atoms. The molecule has 2 amide bonds. The molecule has 0 saturated carbocycles. The monoisotopic (exact) mass is 453 g/mol. The van der Waals surface area contributed by atoms with Crippen LogP contribution in [0.5, 0.6) is 0 Å². The Hall–Kier alpha value is -1.88. The Kier molecular flexibility index (Phi) is 6.37. The molecule has 3 rings (SSSR count). The molecule has 1 aliphatic rings. The highest BCUT2D eigenvalue weighted by atomic mass is 32.3. The van der Waals surface area contributed by atoms with Gasteiger partial charge in [-0.2, -0.15) is 0 Å². The first-order chi connectivity index (χ1) is 13.6. The van der Waals surface area contributed by atoms with E-state index in [-0.39, 0.29) is 28.3 Å². The van der Waals surface area contributed by atoms with E-state index in [4.69, 9.17) is 0 Å². The molecule has 1 aliphatic heterocycles. The summed E-state index contributed by atoms with van der Waals surface area (Å²) in [5.41, 5.74) is 3.22. The fourth-order valence-corrected chi connectivity index (χ4v) is 6.91. The van der Waals surface area contributed by atoms with Crippen LogP contribution in [0.2, 0.25) is 0 Å². The van der Waals surface area contributed by atoms with E-state index in [0.717, 1.165) is 43.1 Å². The number of thioether (sulfide) groups is 1. The predicted octanol–water partition coefficient (Wildman–Crippen LogP) is 2.95. The summed E-state index contributed by atoms with van der Waals surface area (Å²) in [6, 6.07) is 7.31. The lowest BCUT2D eigenvalue weighted by Gasteiger charge is -2.26. The van der Waals surface area contributed by atoms with Crippen LogP contribution in [0, 0.1) is 6.92 Å². The van der Waals surface area contributed by atoms with Crippen molar-refractivity contribution in [3.05, 3.63) is 35.4 Å². The summed E-state index contributed by atoms with van der Waals surface area (Å²) in [5, 5.41) is 2.92. The van der Waals surface area contributed by atoms with Crippen LogP contribution in [0.15, 0.2) is 32.7 Å². The van der Waals surface area contributed by atoms with Crippen LogP contribution in [-0.2, 0) is 26.0 Å². The third kappa shape index (κ3) is 4.35. The van der Waals surface area contributed by atoms with E-state index in [0.29, 0.717) is 5.69 Å². The molecule has 0 bridgehead atoms. The number of carbonyl (C=O) groups excluding carboxylic acids is 2. The van der Waals surface area contributed by atoms with E-state index in [1.54, 1.807) is 0 Å². The maximum absolute atomic E-state index is 12.7. The molecule has 0 unspecified atom stereocenters. The van der Waals surface area contributed by atoms with Gasteiger partial charge in [0, 0.05) is 19.8 Å². The van der Waals surface area contributed by atoms with Gasteiger partial charge in [0.15, 0.2) is 0 Å². The highest BCUT2D eigenvalue weighted by molar-refractivity contribution is 8.02. The van der Waals surface area contributed by atoms with Crippen LogP contribution in [-0.4, -0.2) is 50.9 Å². The number of aryl methyl sites for hydroxylation is 2. The third-order valence-electron chi connectivity index (χ3n) is 4.62. The van der Waals surface area contributed by atoms with Gasteiger partial charge in [-0.15, -0.1) is 23.1 Å². The molecule has 1 N–H and O–H groups in total. The largest absolute Gasteiger partial charge is 0.324 e. The maximum atomic E-state index is 12.7. The van der Waals surface area contributed by atoms with Gasteiger partial charge >= 0.3 is 0 Å². The molecular weight excluding hydrogens is 430 g/mol. The minimum atomic E-state index is -3.60. The lowest BCUT2D eigenvalue weighted by Crippen LogP contribution is -2.40. The van der Waals surface area contributed by atoms with Crippen molar-refractivity contribution in [1.29, 1.82) is 0 Å². The molecule has 0 atom stereocenters. The molecule has 0 fully saturated rings. The number of nitrogens with one attached hydrogen (secondary N) is 1. The smallest absolute Gasteiger partial charge is 0.252 e. The summed E-state index contributed by atoms with van der Waals surface area (Å²) in [6.07, 6.45) is 0.775. The van der Waals surface area contributed by atoms with E-state index in [9.17, 15) is 18.0 Å². The van der Waals surface area contributed by atoms with E-state index in [1.165, 1.54) is 36.8 Å². The Morgan fingerprint density at radius 3 is 2.69 bits per heavy atom. The molecule has 7 nitrogen and oxygen atoms in total. The van der Waals surface area contributed by atoms with Gasteiger partial charge in [-0.25, -0.2) is 12.7 Å². The van der Waals surface area contributed by atoms with Gasteiger partial charge in [-0.1, -0.05) is 25.1 Å². The molecule has 0 saturated heterocycles. The highest BCUT2D eigenvalue weighted by Gasteiger charge is 2.32. The molecule has 1 aromatic heterocycles. The van der Waals surface area contributed by atoms with Crippen LogP contribution in [0.1, 0.15) is 18.1 Å². The first kappa shape index (κ1) is 21.8. The zero-order valence-electron chi connectivity index (χ0n) is 16.7. The topological polar surface area (TPSA) is 86.8 Å². The number of sulfonamides is 1. The van der Waals surface area contributed by atoms with Crippen LogP contribution < -0.4 is 10.2 Å². The molecule has 0 radical (unpaired) electrons. The summed E-state index contributed by atoms with van der Waals surface area (Å²) in [7, 11) is -0.677. The number of hydrogen-bond acceptors (Lipinski definition) is 6. The zero-order chi connectivity index (χ0) is 21.3. The predicted molar refractivity (Wildman–Crippen MR) is 117 cm³/mol. The van der Waals surface area contributed by atoms with Crippen molar-refractivity contribution >= 4 is 56.3 Å². The number of benzene rings is 1. The molecule has 29 heavy (non-hydrogen) atoms. The molecule has 10 heteroatoms. The Morgan fingerprint density at radius 1 is 1.31 bits per heavy atom. The summed E-state index contributed by atoms with van der Waals surface area (Å²) in [5.74, 6) is -0.361. The minimum Gasteiger partial charge on any atom is -0.324 e. The zero-order valence-corrected chi connectivity index (χ0v) is 19.1. The van der Waals surface area contributed by atoms with Crippen molar-refractivity contribution in [1.82, 2.24) is 4.31 Å². The van der Waals surface area contributed by atoms with Crippen molar-refractivity contribution in [2.24, 2.45) is 0 Å². The normalized spacial score (nSPS) is 14.2. The lowest BCUT2D eigenvalue weighted by molar-refractivity contribution is -0.120. The van der Waals surface area contributed by atoms with E-state index < -0.39 is 10.0 Å². The van der Waals surface area contributed by atoms with E-state index in [2.05, 4.69) is 5.32 Å². The average molecular weight is 454 g/mol. The quantitative estimate of drug-likeness (QED) is 0.727. The molecule has 1 aromatic carbocycles. The number of para-hydroxylation sites is 1. The number of carbonyl (C=O) groups is 2. The Bertz CT molecular complexity index is 1060. The van der Waals surface area contributed by atoms with Crippen molar-refractivity contribution in [3.8, 4) is 0 Å². The first-order valence-electron chi connectivity index (χ1n) is 9.03. The number of fused-ring (bicyclic) bond motifs is 1. The van der Waals surface area contributed by atoms with Crippen LogP contribution in [0.4, 0.5) is 11.4 Å². The van der Waals surface area contributed by atoms with Gasteiger partial charge in [0.25, 0.3) is 10.0 Å². The Morgan fingerprint density at radius 2 is 2.03 bits per heavy atom. The average Bonchev–Trinajstić information content (AvgIpc) is 3.11. The lowest BCUT2D eigenvalue weighted by atomic mass is 10.1. The fourth-order valence-electron chi connectivity index (χ4n) is 2.98. The second-order valence-electron chi connectivity index (χ2n) is 6.80. The number of rotatable bonds is 6. The van der Waals surface area contributed by atoms with Crippen molar-refractivity contribution < 1.29 is 18.0 Å². The summed E-state index contributed by atoms with van der Waals surface area (Å²) in [4.78, 5) is 26.6. The van der Waals surface area contributed by atoms with Gasteiger partial charge in [0.05, 0.1) is 15.6 Å². The summed E-state index contributed by atoms with van der Waals surface area (Å²) >= 11 is 2.43. The minimum absolute atomic E-state index is 0.160. The number of thiophene rings is 1. The number of amides is 2. The van der Waals surface area contributed by atoms with E-state index >= 15 is 0 Å². The van der Waals surface area contributed by atoms with Gasteiger partial charge in [-0.3, -0.25) is 9.59 Å². The number of anilines is 2. The summed E-state index contributed by atoms with van der Waals surface area (Å²) < 4.78 is 26.9. The van der Waals surface area contributed by atoms with Crippen molar-refractivity contribution in [3.63, 3.8) is 0 Å². The number of hydrogen-bond donors (Lipinski definition) is 1.